The van der Waals surface area contributed by atoms with Crippen molar-refractivity contribution in [3.05, 3.63) is 231 Å². The molecule has 9 aromatic carbocycles. The molecule has 0 bridgehead atoms. The summed E-state index contributed by atoms with van der Waals surface area (Å²) in [6, 6.07) is 82.1. The topological polar surface area (TPSA) is 35.6 Å². The van der Waals surface area contributed by atoms with E-state index in [0.29, 0.717) is 5.82 Å². The average Bonchev–Trinajstić information content (AvgIpc) is 3.87. The van der Waals surface area contributed by atoms with Crippen molar-refractivity contribution in [3.8, 4) is 67.5 Å². The van der Waals surface area contributed by atoms with E-state index in [-0.39, 0.29) is 0 Å². The molecule has 0 saturated heterocycles. The van der Waals surface area contributed by atoms with Gasteiger partial charge in [0.2, 0.25) is 0 Å². The summed E-state index contributed by atoms with van der Waals surface area (Å²) in [5.41, 5.74) is 16.5. The van der Waals surface area contributed by atoms with E-state index < -0.39 is 0 Å². The van der Waals surface area contributed by atoms with E-state index >= 15 is 0 Å². The maximum atomic E-state index is 5.21. The van der Waals surface area contributed by atoms with Crippen LogP contribution in [-0.4, -0.2) is 19.1 Å². The largest absolute Gasteiger partial charge is 0.309 e. The highest BCUT2D eigenvalue weighted by atomic mass is 15.0. The highest BCUT2D eigenvalue weighted by Crippen LogP contribution is 2.36. The molecule has 62 heavy (non-hydrogen) atoms. The third-order valence-corrected chi connectivity index (χ3v) is 12.2. The summed E-state index contributed by atoms with van der Waals surface area (Å²) in [7, 11) is 0. The van der Waals surface area contributed by atoms with Crippen LogP contribution in [0.2, 0.25) is 0 Å². The summed E-state index contributed by atoms with van der Waals surface area (Å²) < 4.78 is 4.70. The molecule has 0 aliphatic rings. The van der Waals surface area contributed by atoms with E-state index in [1.54, 1.807) is 0 Å². The van der Waals surface area contributed by atoms with Gasteiger partial charge in [-0.25, -0.2) is 9.97 Å². The zero-order valence-electron chi connectivity index (χ0n) is 33.7. The molecule has 3 heterocycles. The molecular formula is C58H38N4. The molecule has 0 atom stereocenters. The van der Waals surface area contributed by atoms with Gasteiger partial charge in [0, 0.05) is 49.6 Å². The minimum absolute atomic E-state index is 0.688. The van der Waals surface area contributed by atoms with Crippen molar-refractivity contribution >= 4 is 43.6 Å². The first-order valence-electron chi connectivity index (χ1n) is 21.1. The minimum atomic E-state index is 0.688. The normalized spacial score (nSPS) is 11.5. The lowest BCUT2D eigenvalue weighted by atomic mass is 10.0. The molecule has 0 amide bonds. The number of benzene rings is 9. The highest BCUT2D eigenvalue weighted by Gasteiger charge is 2.16. The van der Waals surface area contributed by atoms with E-state index in [0.717, 1.165) is 56.1 Å². The van der Waals surface area contributed by atoms with Gasteiger partial charge in [0.1, 0.15) is 0 Å². The maximum Gasteiger partial charge on any atom is 0.160 e. The molecule has 290 valence electrons. The molecule has 0 aliphatic carbocycles. The van der Waals surface area contributed by atoms with Gasteiger partial charge < -0.3 is 9.13 Å². The van der Waals surface area contributed by atoms with Crippen LogP contribution in [0, 0.1) is 0 Å². The molecule has 0 radical (unpaired) electrons. The predicted molar refractivity (Wildman–Crippen MR) is 258 cm³/mol. The second-order valence-electron chi connectivity index (χ2n) is 15.8. The minimum Gasteiger partial charge on any atom is -0.309 e. The van der Waals surface area contributed by atoms with Crippen LogP contribution in [-0.2, 0) is 0 Å². The summed E-state index contributed by atoms with van der Waals surface area (Å²) >= 11 is 0. The average molecular weight is 791 g/mol. The van der Waals surface area contributed by atoms with Crippen LogP contribution in [0.15, 0.2) is 231 Å². The fraction of sp³-hybridized carbons (Fsp3) is 0. The Hall–Kier alpha value is -8.34. The smallest absolute Gasteiger partial charge is 0.160 e. The monoisotopic (exact) mass is 790 g/mol. The van der Waals surface area contributed by atoms with E-state index in [4.69, 9.17) is 9.97 Å². The van der Waals surface area contributed by atoms with Gasteiger partial charge in [-0.1, -0.05) is 176 Å². The van der Waals surface area contributed by atoms with E-state index in [2.05, 4.69) is 234 Å². The van der Waals surface area contributed by atoms with Crippen molar-refractivity contribution < 1.29 is 0 Å². The number of fused-ring (bicyclic) bond motifs is 6. The van der Waals surface area contributed by atoms with E-state index in [1.165, 1.54) is 49.2 Å². The zero-order chi connectivity index (χ0) is 41.0. The molecule has 0 N–H and O–H groups in total. The van der Waals surface area contributed by atoms with Crippen LogP contribution in [0.5, 0.6) is 0 Å². The zero-order valence-corrected chi connectivity index (χ0v) is 33.7. The van der Waals surface area contributed by atoms with Crippen molar-refractivity contribution in [2.75, 3.05) is 0 Å². The van der Waals surface area contributed by atoms with Gasteiger partial charge in [-0.2, -0.15) is 0 Å². The summed E-state index contributed by atoms with van der Waals surface area (Å²) in [5, 5.41) is 5.02. The first kappa shape index (κ1) is 35.6. The summed E-state index contributed by atoms with van der Waals surface area (Å²) in [6.07, 6.45) is 0. The Morgan fingerprint density at radius 3 is 0.935 bits per heavy atom. The van der Waals surface area contributed by atoms with Crippen molar-refractivity contribution in [3.63, 3.8) is 0 Å². The van der Waals surface area contributed by atoms with Crippen LogP contribution in [0.25, 0.3) is 111 Å². The molecule has 4 nitrogen and oxygen atoms in total. The van der Waals surface area contributed by atoms with Crippen LogP contribution in [0.1, 0.15) is 0 Å². The highest BCUT2D eigenvalue weighted by molar-refractivity contribution is 6.10. The second-order valence-corrected chi connectivity index (χ2v) is 15.8. The third-order valence-electron chi connectivity index (χ3n) is 12.2. The molecule has 0 unspecified atom stereocenters. The van der Waals surface area contributed by atoms with Crippen LogP contribution in [0.4, 0.5) is 0 Å². The van der Waals surface area contributed by atoms with Crippen LogP contribution >= 0.6 is 0 Å². The first-order chi connectivity index (χ1) is 30.7. The van der Waals surface area contributed by atoms with Gasteiger partial charge in [0.05, 0.1) is 33.5 Å². The Labute approximate surface area is 359 Å². The molecule has 4 heteroatoms. The fourth-order valence-corrected chi connectivity index (χ4v) is 9.13. The summed E-state index contributed by atoms with van der Waals surface area (Å²) in [4.78, 5) is 10.4. The second kappa shape index (κ2) is 14.7. The Morgan fingerprint density at radius 1 is 0.242 bits per heavy atom. The number of hydrogen-bond acceptors (Lipinski definition) is 2. The fourth-order valence-electron chi connectivity index (χ4n) is 9.13. The molecular weight excluding hydrogens is 753 g/mol. The summed E-state index contributed by atoms with van der Waals surface area (Å²) in [6.45, 7) is 0. The standard InChI is InChI=1S/C58H38N4/c1-2-12-39(13-3-1)40-24-28-45(29-25-40)58-59-52(38-53(60-58)44-32-36-47(37-33-44)62-56-20-10-6-16-50(56)51-17-7-11-21-57(51)62)43-26-22-41(23-27-43)42-30-34-46(35-31-42)61-54-18-8-4-14-48(54)49-15-5-9-19-55(49)61/h1-38H. The Balaban J connectivity index is 0.906. The lowest BCUT2D eigenvalue weighted by Gasteiger charge is -2.12. The van der Waals surface area contributed by atoms with Gasteiger partial charge in [-0.3, -0.25) is 0 Å². The first-order valence-corrected chi connectivity index (χ1v) is 21.1. The number of aromatic nitrogens is 4. The number of hydrogen-bond donors (Lipinski definition) is 0. The van der Waals surface area contributed by atoms with E-state index in [9.17, 15) is 0 Å². The Kier molecular flexibility index (Phi) is 8.46. The number of nitrogens with zero attached hydrogens (tertiary/aromatic N) is 4. The third kappa shape index (κ3) is 6.08. The lowest BCUT2D eigenvalue weighted by molar-refractivity contribution is 1.17. The molecule has 0 spiro atoms. The van der Waals surface area contributed by atoms with Crippen molar-refractivity contribution in [1.82, 2.24) is 19.1 Å². The molecule has 12 rings (SSSR count). The SMILES string of the molecule is c1ccc(-c2ccc(-c3nc(-c4ccc(-c5ccc(-n6c7ccccc7c7ccccc76)cc5)cc4)cc(-c4ccc(-n5c6ccccc6c6ccccc65)cc4)n3)cc2)cc1. The molecule has 12 aromatic rings. The molecule has 0 aliphatic heterocycles. The maximum absolute atomic E-state index is 5.21. The van der Waals surface area contributed by atoms with Gasteiger partial charge in [0.25, 0.3) is 0 Å². The van der Waals surface area contributed by atoms with Crippen molar-refractivity contribution in [2.45, 2.75) is 0 Å². The number of para-hydroxylation sites is 4. The van der Waals surface area contributed by atoms with Gasteiger partial charge in [-0.15, -0.1) is 0 Å². The summed E-state index contributed by atoms with van der Waals surface area (Å²) in [5.74, 6) is 0.688. The Bertz CT molecular complexity index is 3470. The lowest BCUT2D eigenvalue weighted by Crippen LogP contribution is -1.97. The molecule has 0 saturated carbocycles. The van der Waals surface area contributed by atoms with Gasteiger partial charge in [-0.05, 0) is 76.9 Å². The quantitative estimate of drug-likeness (QED) is 0.161. The predicted octanol–water partition coefficient (Wildman–Crippen LogP) is 15.0. The van der Waals surface area contributed by atoms with E-state index in [1.807, 2.05) is 6.07 Å². The number of rotatable bonds is 7. The Morgan fingerprint density at radius 2 is 0.532 bits per heavy atom. The van der Waals surface area contributed by atoms with Crippen molar-refractivity contribution in [1.29, 1.82) is 0 Å². The van der Waals surface area contributed by atoms with Crippen molar-refractivity contribution in [2.24, 2.45) is 0 Å². The van der Waals surface area contributed by atoms with Crippen LogP contribution in [0.3, 0.4) is 0 Å². The van der Waals surface area contributed by atoms with Crippen LogP contribution < -0.4 is 0 Å². The van der Waals surface area contributed by atoms with Gasteiger partial charge in [0.15, 0.2) is 5.82 Å². The molecule has 3 aromatic heterocycles. The van der Waals surface area contributed by atoms with Gasteiger partial charge >= 0.3 is 0 Å². The molecule has 0 fully saturated rings.